The highest BCUT2D eigenvalue weighted by atomic mass is 32.2. The first kappa shape index (κ1) is 27.8. The highest BCUT2D eigenvalue weighted by Gasteiger charge is 2.78. The number of thioether (sulfide) groups is 1. The Morgan fingerprint density at radius 3 is 2.66 bits per heavy atom. The average molecular weight is 507 g/mol. The quantitative estimate of drug-likeness (QED) is 0.220. The van der Waals surface area contributed by atoms with Gasteiger partial charge in [0, 0.05) is 17.8 Å². The van der Waals surface area contributed by atoms with E-state index in [1.54, 1.807) is 40.6 Å². The van der Waals surface area contributed by atoms with Gasteiger partial charge in [0.05, 0.1) is 35.8 Å². The van der Waals surface area contributed by atoms with Gasteiger partial charge >= 0.3 is 5.97 Å². The number of fused-ring (bicyclic) bond motifs is 1. The molecule has 0 radical (unpaired) electrons. The molecule has 2 amide bonds. The van der Waals surface area contributed by atoms with Crippen molar-refractivity contribution in [3.05, 3.63) is 25.3 Å². The van der Waals surface area contributed by atoms with Crippen LogP contribution in [0.3, 0.4) is 0 Å². The number of carbonyl (C=O) groups is 3. The molecule has 3 saturated heterocycles. The molecule has 3 rings (SSSR count). The van der Waals surface area contributed by atoms with Gasteiger partial charge in [0.25, 0.3) is 0 Å². The summed E-state index contributed by atoms with van der Waals surface area (Å²) in [5, 5.41) is 10.0. The number of aliphatic hydroxyl groups excluding tert-OH is 1. The third kappa shape index (κ3) is 4.93. The highest BCUT2D eigenvalue weighted by molar-refractivity contribution is 8.02. The first-order valence-electron chi connectivity index (χ1n) is 13.0. The van der Waals surface area contributed by atoms with Crippen LogP contribution in [0, 0.1) is 11.8 Å². The Kier molecular flexibility index (Phi) is 9.13. The first-order valence-corrected chi connectivity index (χ1v) is 13.8. The van der Waals surface area contributed by atoms with Crippen molar-refractivity contribution in [3.63, 3.8) is 0 Å². The van der Waals surface area contributed by atoms with Gasteiger partial charge in [-0.3, -0.25) is 14.4 Å². The summed E-state index contributed by atoms with van der Waals surface area (Å²) in [6.45, 7) is 14.5. The van der Waals surface area contributed by atoms with Crippen molar-refractivity contribution < 1.29 is 24.2 Å². The number of esters is 1. The Morgan fingerprint density at radius 1 is 1.29 bits per heavy atom. The number of amides is 2. The number of likely N-dealkylation sites (tertiary alicyclic amines) is 1. The minimum absolute atomic E-state index is 0.103. The van der Waals surface area contributed by atoms with Crippen LogP contribution >= 0.6 is 11.8 Å². The van der Waals surface area contributed by atoms with Crippen LogP contribution in [0.4, 0.5) is 0 Å². The molecule has 0 aromatic carbocycles. The summed E-state index contributed by atoms with van der Waals surface area (Å²) in [7, 11) is 0. The minimum Gasteiger partial charge on any atom is -0.465 e. The molecule has 35 heavy (non-hydrogen) atoms. The lowest BCUT2D eigenvalue weighted by molar-refractivity contribution is -0.156. The summed E-state index contributed by atoms with van der Waals surface area (Å²) in [6, 6.07) is -1.23. The normalized spacial score (nSPS) is 31.8. The number of ether oxygens (including phenoxy) is 1. The van der Waals surface area contributed by atoms with Crippen LogP contribution in [0.1, 0.15) is 65.7 Å². The number of rotatable bonds is 14. The number of hydrogen-bond donors (Lipinski definition) is 1. The predicted molar refractivity (Wildman–Crippen MR) is 139 cm³/mol. The van der Waals surface area contributed by atoms with Gasteiger partial charge in [-0.25, -0.2) is 0 Å². The van der Waals surface area contributed by atoms with Gasteiger partial charge in [-0.05, 0) is 46.0 Å². The molecule has 0 aromatic heterocycles. The number of unbranched alkanes of at least 4 members (excludes halogenated alkanes) is 3. The van der Waals surface area contributed by atoms with Gasteiger partial charge in [-0.2, -0.15) is 0 Å². The van der Waals surface area contributed by atoms with Crippen LogP contribution < -0.4 is 0 Å². The van der Waals surface area contributed by atoms with Crippen molar-refractivity contribution in [1.29, 1.82) is 0 Å². The van der Waals surface area contributed by atoms with E-state index in [-0.39, 0.29) is 24.4 Å². The lowest BCUT2D eigenvalue weighted by atomic mass is 9.66. The van der Waals surface area contributed by atoms with Crippen LogP contribution in [0.15, 0.2) is 25.3 Å². The molecule has 0 aliphatic carbocycles. The van der Waals surface area contributed by atoms with Crippen molar-refractivity contribution >= 4 is 29.5 Å². The molecule has 0 saturated carbocycles. The summed E-state index contributed by atoms with van der Waals surface area (Å²) < 4.78 is 4.50. The maximum absolute atomic E-state index is 14.1. The Balaban J connectivity index is 1.96. The second-order valence-electron chi connectivity index (χ2n) is 10.4. The molecule has 3 heterocycles. The van der Waals surface area contributed by atoms with Crippen LogP contribution in [-0.2, 0) is 19.1 Å². The summed E-state index contributed by atoms with van der Waals surface area (Å²) >= 11 is 1.63. The molecule has 2 unspecified atom stereocenters. The Hall–Kier alpha value is -1.80. The maximum atomic E-state index is 14.1. The molecule has 0 aromatic rings. The highest BCUT2D eigenvalue weighted by Crippen LogP contribution is 2.71. The number of allylic oxidation sites excluding steroid dienone is 1. The van der Waals surface area contributed by atoms with Gasteiger partial charge in [0.1, 0.15) is 6.04 Å². The van der Waals surface area contributed by atoms with Gasteiger partial charge < -0.3 is 19.6 Å². The molecular weight excluding hydrogens is 464 g/mol. The predicted octanol–water partition coefficient (Wildman–Crippen LogP) is 3.56. The molecule has 3 fully saturated rings. The van der Waals surface area contributed by atoms with Crippen molar-refractivity contribution in [2.45, 2.75) is 87.3 Å². The lowest BCUT2D eigenvalue weighted by Crippen LogP contribution is -2.57. The molecule has 7 nitrogen and oxygen atoms in total. The van der Waals surface area contributed by atoms with E-state index in [1.807, 2.05) is 6.92 Å². The lowest BCUT2D eigenvalue weighted by Gasteiger charge is -2.38. The minimum atomic E-state index is -0.714. The summed E-state index contributed by atoms with van der Waals surface area (Å²) in [4.78, 5) is 44.8. The van der Waals surface area contributed by atoms with E-state index in [0.717, 1.165) is 32.1 Å². The van der Waals surface area contributed by atoms with Crippen molar-refractivity contribution in [2.24, 2.45) is 11.8 Å². The van der Waals surface area contributed by atoms with E-state index in [1.165, 1.54) is 0 Å². The van der Waals surface area contributed by atoms with Crippen LogP contribution in [-0.4, -0.2) is 80.6 Å². The molecule has 196 valence electrons. The molecule has 3 aliphatic heterocycles. The van der Waals surface area contributed by atoms with E-state index in [2.05, 4.69) is 20.1 Å². The molecular formula is C27H42N2O5S. The maximum Gasteiger partial charge on any atom is 0.311 e. The molecule has 2 bridgehead atoms. The van der Waals surface area contributed by atoms with Crippen LogP contribution in [0.5, 0.6) is 0 Å². The zero-order valence-corrected chi connectivity index (χ0v) is 22.4. The molecule has 3 aliphatic rings. The third-order valence-corrected chi connectivity index (χ3v) is 9.92. The standard InChI is InChI=1S/C27H42N2O5S/c1-6-9-11-16-28(15-8-3)24(32)22-27-14-13-26(5,35-27)21(25(33)34-17-12-10-7-2)20(27)23(31)29(22)19(4)18-30/h7-8,19-22,30H,2-3,6,9-18H2,1,4-5H3/t19-,20+,21+,22?,26-,27?/m1/s1. The van der Waals surface area contributed by atoms with Gasteiger partial charge in [0.15, 0.2) is 0 Å². The first-order chi connectivity index (χ1) is 16.7. The Labute approximate surface area is 214 Å². The zero-order chi connectivity index (χ0) is 25.8. The molecule has 1 spiro atoms. The zero-order valence-electron chi connectivity index (χ0n) is 21.5. The van der Waals surface area contributed by atoms with Gasteiger partial charge in [0.2, 0.25) is 11.8 Å². The Bertz CT molecular complexity index is 834. The smallest absolute Gasteiger partial charge is 0.311 e. The van der Waals surface area contributed by atoms with E-state index in [0.29, 0.717) is 32.5 Å². The van der Waals surface area contributed by atoms with Gasteiger partial charge in [-0.15, -0.1) is 24.9 Å². The Morgan fingerprint density at radius 2 is 2.03 bits per heavy atom. The summed E-state index contributed by atoms with van der Waals surface area (Å²) in [6.07, 6.45) is 9.34. The second kappa shape index (κ2) is 11.5. The van der Waals surface area contributed by atoms with Crippen LogP contribution in [0.2, 0.25) is 0 Å². The monoisotopic (exact) mass is 506 g/mol. The topological polar surface area (TPSA) is 87.1 Å². The average Bonchev–Trinajstić information content (AvgIpc) is 3.41. The second-order valence-corrected chi connectivity index (χ2v) is 12.3. The third-order valence-electron chi connectivity index (χ3n) is 7.93. The van der Waals surface area contributed by atoms with Crippen molar-refractivity contribution in [3.8, 4) is 0 Å². The molecule has 1 N–H and O–H groups in total. The van der Waals surface area contributed by atoms with Crippen molar-refractivity contribution in [1.82, 2.24) is 9.80 Å². The van der Waals surface area contributed by atoms with E-state index < -0.39 is 33.4 Å². The molecule has 8 heteroatoms. The van der Waals surface area contributed by atoms with Crippen LogP contribution in [0.25, 0.3) is 0 Å². The van der Waals surface area contributed by atoms with Crippen molar-refractivity contribution in [2.75, 3.05) is 26.3 Å². The number of hydrogen-bond acceptors (Lipinski definition) is 6. The largest absolute Gasteiger partial charge is 0.465 e. The number of carbonyl (C=O) groups excluding carboxylic acids is 3. The van der Waals surface area contributed by atoms with Gasteiger partial charge in [-0.1, -0.05) is 31.9 Å². The fourth-order valence-electron chi connectivity index (χ4n) is 6.23. The molecule has 6 atom stereocenters. The SMILES string of the molecule is C=CCCCOC(=O)[C@@H]1[C@H]2C(=O)N([C@H](C)CO)C(C(=O)N(CC=C)CCCCC)C23CC[C@@]1(C)S3. The summed E-state index contributed by atoms with van der Waals surface area (Å²) in [5.74, 6) is -1.88. The van der Waals surface area contributed by atoms with E-state index in [4.69, 9.17) is 4.74 Å². The fourth-order valence-corrected chi connectivity index (χ4v) is 8.55. The number of nitrogens with zero attached hydrogens (tertiary/aromatic N) is 2. The fraction of sp³-hybridized carbons (Fsp3) is 0.741. The van der Waals surface area contributed by atoms with E-state index in [9.17, 15) is 19.5 Å². The summed E-state index contributed by atoms with van der Waals surface area (Å²) in [5.41, 5.74) is 0. The number of aliphatic hydroxyl groups is 1. The van der Waals surface area contributed by atoms with E-state index >= 15 is 0 Å².